The number of nitrogens with zero attached hydrogens (tertiary/aromatic N) is 1. The Morgan fingerprint density at radius 2 is 2.20 bits per heavy atom. The summed E-state index contributed by atoms with van der Waals surface area (Å²) in [6, 6.07) is 0. The van der Waals surface area contributed by atoms with Crippen molar-refractivity contribution in [1.29, 1.82) is 0 Å². The molecule has 0 aromatic carbocycles. The summed E-state index contributed by atoms with van der Waals surface area (Å²) in [5.41, 5.74) is 3.20. The highest BCUT2D eigenvalue weighted by atomic mass is 15.4. The van der Waals surface area contributed by atoms with E-state index in [-0.39, 0.29) is 0 Å². The number of hydrogen-bond acceptors (Lipinski definition) is 3. The summed E-state index contributed by atoms with van der Waals surface area (Å²) in [5, 5.41) is 7.23. The Kier molecular flexibility index (Phi) is 1.83. The third-order valence-corrected chi connectivity index (χ3v) is 1.28. The first-order valence-corrected chi connectivity index (χ1v) is 3.61. The van der Waals surface area contributed by atoms with Gasteiger partial charge in [0.15, 0.2) is 0 Å². The molecule has 0 saturated heterocycles. The van der Waals surface area contributed by atoms with Crippen LogP contribution in [-0.4, -0.2) is 12.5 Å². The molecule has 0 aliphatic carbocycles. The van der Waals surface area contributed by atoms with Gasteiger partial charge in [-0.25, -0.2) is 0 Å². The van der Waals surface area contributed by atoms with Crippen molar-refractivity contribution in [2.45, 2.75) is 27.2 Å². The van der Waals surface area contributed by atoms with E-state index in [4.69, 9.17) is 0 Å². The standard InChI is InChI=1S/C7H15N3/c1-7(2,3)4-6-8-5-9-10-6/h9H,4-5H2,1-3H3,(H,8,10). The molecule has 58 valence electrons. The van der Waals surface area contributed by atoms with E-state index in [1.54, 1.807) is 0 Å². The third kappa shape index (κ3) is 2.25. The van der Waals surface area contributed by atoms with Crippen molar-refractivity contribution in [2.24, 2.45) is 10.5 Å². The van der Waals surface area contributed by atoms with Gasteiger partial charge in [0.05, 0.1) is 0 Å². The largest absolute Gasteiger partial charge is 0.354 e. The van der Waals surface area contributed by atoms with Crippen LogP contribution in [0.2, 0.25) is 0 Å². The summed E-state index contributed by atoms with van der Waals surface area (Å²) < 4.78 is 0. The van der Waals surface area contributed by atoms with Crippen molar-refractivity contribution in [2.75, 3.05) is 6.67 Å². The molecular weight excluding hydrogens is 126 g/mol. The molecule has 0 aromatic heterocycles. The second-order valence-electron chi connectivity index (χ2n) is 3.81. The zero-order valence-electron chi connectivity index (χ0n) is 6.86. The smallest absolute Gasteiger partial charge is 0.124 e. The highest BCUT2D eigenvalue weighted by molar-refractivity contribution is 5.83. The maximum Gasteiger partial charge on any atom is 0.124 e. The minimum Gasteiger partial charge on any atom is -0.354 e. The quantitative estimate of drug-likeness (QED) is 0.569. The molecule has 1 rings (SSSR count). The molecule has 0 fully saturated rings. The van der Waals surface area contributed by atoms with Crippen molar-refractivity contribution in [3.63, 3.8) is 0 Å². The molecule has 1 heterocycles. The summed E-state index contributed by atoms with van der Waals surface area (Å²) in [6.45, 7) is 7.39. The fourth-order valence-electron chi connectivity index (χ4n) is 0.920. The fraction of sp³-hybridized carbons (Fsp3) is 0.857. The lowest BCUT2D eigenvalue weighted by molar-refractivity contribution is 0.431. The van der Waals surface area contributed by atoms with E-state index >= 15 is 0 Å². The third-order valence-electron chi connectivity index (χ3n) is 1.28. The van der Waals surface area contributed by atoms with Gasteiger partial charge < -0.3 is 5.32 Å². The van der Waals surface area contributed by atoms with Gasteiger partial charge in [-0.1, -0.05) is 20.8 Å². The van der Waals surface area contributed by atoms with Gasteiger partial charge in [-0.3, -0.25) is 5.43 Å². The molecule has 3 nitrogen and oxygen atoms in total. The van der Waals surface area contributed by atoms with Gasteiger partial charge in [0.1, 0.15) is 12.5 Å². The van der Waals surface area contributed by atoms with Gasteiger partial charge >= 0.3 is 0 Å². The molecule has 2 N–H and O–H groups in total. The maximum absolute atomic E-state index is 4.08. The average molecular weight is 141 g/mol. The molecule has 1 aliphatic rings. The second-order valence-corrected chi connectivity index (χ2v) is 3.81. The van der Waals surface area contributed by atoms with Crippen LogP contribution in [-0.2, 0) is 0 Å². The lowest BCUT2D eigenvalue weighted by atomic mass is 9.92. The van der Waals surface area contributed by atoms with Crippen LogP contribution < -0.4 is 10.7 Å². The Hall–Kier alpha value is -0.730. The van der Waals surface area contributed by atoms with Crippen molar-refractivity contribution in [3.05, 3.63) is 0 Å². The fourth-order valence-corrected chi connectivity index (χ4v) is 0.920. The highest BCUT2D eigenvalue weighted by Gasteiger charge is 2.15. The van der Waals surface area contributed by atoms with Crippen LogP contribution in [0.3, 0.4) is 0 Å². The molecule has 1 aliphatic heterocycles. The molecule has 0 unspecified atom stereocenters. The molecule has 0 aromatic rings. The first-order chi connectivity index (χ1) is 4.58. The number of nitrogens with one attached hydrogen (secondary N) is 2. The molecule has 0 radical (unpaired) electrons. The number of hydrazone groups is 1. The van der Waals surface area contributed by atoms with Gasteiger partial charge in [-0.05, 0) is 5.41 Å². The van der Waals surface area contributed by atoms with E-state index in [1.807, 2.05) is 0 Å². The lowest BCUT2D eigenvalue weighted by Crippen LogP contribution is -2.24. The van der Waals surface area contributed by atoms with E-state index in [1.165, 1.54) is 0 Å². The van der Waals surface area contributed by atoms with Crippen molar-refractivity contribution < 1.29 is 0 Å². The molecule has 10 heavy (non-hydrogen) atoms. The van der Waals surface area contributed by atoms with E-state index in [0.717, 1.165) is 18.9 Å². The van der Waals surface area contributed by atoms with E-state index < -0.39 is 0 Å². The summed E-state index contributed by atoms with van der Waals surface area (Å²) in [7, 11) is 0. The van der Waals surface area contributed by atoms with Gasteiger partial charge in [-0.2, -0.15) is 5.10 Å². The Labute approximate surface area is 61.9 Å². The van der Waals surface area contributed by atoms with E-state index in [2.05, 4.69) is 36.6 Å². The topological polar surface area (TPSA) is 36.4 Å². The second kappa shape index (κ2) is 2.48. The Balaban J connectivity index is 2.38. The minimum atomic E-state index is 0.331. The monoisotopic (exact) mass is 141 g/mol. The van der Waals surface area contributed by atoms with Gasteiger partial charge in [0.2, 0.25) is 0 Å². The SMILES string of the molecule is CC(C)(C)CC1=NNCN1. The zero-order chi connectivity index (χ0) is 7.61. The maximum atomic E-state index is 4.08. The van der Waals surface area contributed by atoms with Gasteiger partial charge in [0.25, 0.3) is 0 Å². The van der Waals surface area contributed by atoms with Crippen molar-refractivity contribution in [3.8, 4) is 0 Å². The van der Waals surface area contributed by atoms with E-state index in [0.29, 0.717) is 5.41 Å². The predicted octanol–water partition coefficient (Wildman–Crippen LogP) is 0.886. The minimum absolute atomic E-state index is 0.331. The zero-order valence-corrected chi connectivity index (χ0v) is 6.86. The summed E-state index contributed by atoms with van der Waals surface area (Å²) in [5.74, 6) is 1.08. The molecule has 0 saturated carbocycles. The van der Waals surface area contributed by atoms with Crippen molar-refractivity contribution in [1.82, 2.24) is 10.7 Å². The molecule has 0 amide bonds. The molecular formula is C7H15N3. The summed E-state index contributed by atoms with van der Waals surface area (Å²) in [6.07, 6.45) is 1.01. The Morgan fingerprint density at radius 3 is 2.60 bits per heavy atom. The average Bonchev–Trinajstić information content (AvgIpc) is 2.12. The summed E-state index contributed by atoms with van der Waals surface area (Å²) in [4.78, 5) is 0. The van der Waals surface area contributed by atoms with Crippen LogP contribution in [0, 0.1) is 5.41 Å². The lowest BCUT2D eigenvalue weighted by Gasteiger charge is -2.16. The van der Waals surface area contributed by atoms with Gasteiger partial charge in [0, 0.05) is 6.42 Å². The summed E-state index contributed by atoms with van der Waals surface area (Å²) >= 11 is 0. The van der Waals surface area contributed by atoms with Crippen LogP contribution in [0.25, 0.3) is 0 Å². The number of hydrogen-bond donors (Lipinski definition) is 2. The first kappa shape index (κ1) is 7.38. The van der Waals surface area contributed by atoms with Crippen LogP contribution in [0.1, 0.15) is 27.2 Å². The molecule has 0 atom stereocenters. The Bertz CT molecular complexity index is 143. The van der Waals surface area contributed by atoms with Crippen LogP contribution >= 0.6 is 0 Å². The molecule has 0 spiro atoms. The Morgan fingerprint density at radius 1 is 1.50 bits per heavy atom. The van der Waals surface area contributed by atoms with E-state index in [9.17, 15) is 0 Å². The number of amidine groups is 1. The van der Waals surface area contributed by atoms with Crippen molar-refractivity contribution >= 4 is 5.84 Å². The highest BCUT2D eigenvalue weighted by Crippen LogP contribution is 2.18. The van der Waals surface area contributed by atoms with Crippen LogP contribution in [0.4, 0.5) is 0 Å². The predicted molar refractivity (Wildman–Crippen MR) is 42.6 cm³/mol. The molecule has 0 bridgehead atoms. The number of rotatable bonds is 1. The van der Waals surface area contributed by atoms with Gasteiger partial charge in [-0.15, -0.1) is 0 Å². The van der Waals surface area contributed by atoms with Crippen LogP contribution in [0.5, 0.6) is 0 Å². The molecule has 3 heteroatoms. The first-order valence-electron chi connectivity index (χ1n) is 3.61. The normalized spacial score (nSPS) is 17.7. The van der Waals surface area contributed by atoms with Crippen LogP contribution in [0.15, 0.2) is 5.10 Å².